The van der Waals surface area contributed by atoms with E-state index in [1.165, 1.54) is 0 Å². The molecule has 1 heterocycles. The van der Waals surface area contributed by atoms with E-state index in [4.69, 9.17) is 5.73 Å². The van der Waals surface area contributed by atoms with Crippen LogP contribution in [-0.4, -0.2) is 16.4 Å². The Morgan fingerprint density at radius 2 is 1.85 bits per heavy atom. The lowest BCUT2D eigenvalue weighted by Crippen LogP contribution is -2.47. The van der Waals surface area contributed by atoms with E-state index in [1.54, 1.807) is 0 Å². The van der Waals surface area contributed by atoms with Crippen molar-refractivity contribution in [2.45, 2.75) is 45.6 Å². The zero-order valence-corrected chi connectivity index (χ0v) is 12.4. The summed E-state index contributed by atoms with van der Waals surface area (Å²) in [6.07, 6.45) is 2.79. The lowest BCUT2D eigenvalue weighted by Gasteiger charge is -2.31. The van der Waals surface area contributed by atoms with Crippen LogP contribution < -0.4 is 11.1 Å². The van der Waals surface area contributed by atoms with E-state index in [9.17, 15) is 4.79 Å². The molecule has 108 valence electrons. The number of aromatic nitrogens is 1. The molecule has 0 bridgehead atoms. The van der Waals surface area contributed by atoms with E-state index < -0.39 is 0 Å². The smallest absolute Gasteiger partial charge is 0.268 e. The van der Waals surface area contributed by atoms with E-state index in [2.05, 4.69) is 31.1 Å². The average molecular weight is 273 g/mol. The summed E-state index contributed by atoms with van der Waals surface area (Å²) in [5.41, 5.74) is 7.86. The molecule has 0 aliphatic rings. The third kappa shape index (κ3) is 2.64. The summed E-state index contributed by atoms with van der Waals surface area (Å²) >= 11 is 0. The quantitative estimate of drug-likeness (QED) is 0.730. The maximum Gasteiger partial charge on any atom is 0.268 e. The van der Waals surface area contributed by atoms with Crippen molar-refractivity contribution in [2.75, 3.05) is 5.73 Å². The Morgan fingerprint density at radius 1 is 1.20 bits per heavy atom. The van der Waals surface area contributed by atoms with Crippen LogP contribution in [0.4, 0.5) is 5.69 Å². The van der Waals surface area contributed by atoms with Gasteiger partial charge in [0.05, 0.1) is 0 Å². The fraction of sp³-hybridized carbons (Fsp3) is 0.438. The van der Waals surface area contributed by atoms with Crippen LogP contribution in [0.1, 0.15) is 50.5 Å². The van der Waals surface area contributed by atoms with Crippen LogP contribution in [0.25, 0.3) is 10.9 Å². The second kappa shape index (κ2) is 5.57. The Morgan fingerprint density at radius 3 is 2.45 bits per heavy atom. The van der Waals surface area contributed by atoms with Crippen molar-refractivity contribution in [2.24, 2.45) is 0 Å². The molecule has 4 nitrogen and oxygen atoms in total. The van der Waals surface area contributed by atoms with Crippen molar-refractivity contribution in [1.29, 1.82) is 0 Å². The fourth-order valence-electron chi connectivity index (χ4n) is 2.60. The number of benzene rings is 1. The summed E-state index contributed by atoms with van der Waals surface area (Å²) in [6, 6.07) is 7.45. The molecule has 0 atom stereocenters. The van der Waals surface area contributed by atoms with Crippen LogP contribution in [0.2, 0.25) is 0 Å². The topological polar surface area (TPSA) is 70.9 Å². The number of anilines is 1. The van der Waals surface area contributed by atoms with Gasteiger partial charge in [-0.2, -0.15) is 0 Å². The highest BCUT2D eigenvalue weighted by Gasteiger charge is 2.26. The van der Waals surface area contributed by atoms with Crippen LogP contribution in [0, 0.1) is 0 Å². The number of aromatic amines is 1. The van der Waals surface area contributed by atoms with Crippen molar-refractivity contribution in [3.8, 4) is 0 Å². The van der Waals surface area contributed by atoms with Gasteiger partial charge in [0.2, 0.25) is 0 Å². The molecule has 0 spiro atoms. The Kier molecular flexibility index (Phi) is 4.02. The van der Waals surface area contributed by atoms with Crippen LogP contribution in [-0.2, 0) is 0 Å². The van der Waals surface area contributed by atoms with Crippen molar-refractivity contribution < 1.29 is 4.79 Å². The summed E-state index contributed by atoms with van der Waals surface area (Å²) in [7, 11) is 0. The van der Waals surface area contributed by atoms with Crippen LogP contribution in [0.3, 0.4) is 0 Å². The second-order valence-corrected chi connectivity index (χ2v) is 5.32. The van der Waals surface area contributed by atoms with Crippen molar-refractivity contribution >= 4 is 22.5 Å². The number of fused-ring (bicyclic) bond motifs is 1. The largest absolute Gasteiger partial charge is 0.399 e. The monoisotopic (exact) mass is 273 g/mol. The fourth-order valence-corrected chi connectivity index (χ4v) is 2.60. The molecule has 1 aromatic carbocycles. The van der Waals surface area contributed by atoms with Gasteiger partial charge in [-0.15, -0.1) is 0 Å². The minimum Gasteiger partial charge on any atom is -0.399 e. The van der Waals surface area contributed by atoms with Crippen molar-refractivity contribution in [3.05, 3.63) is 30.0 Å². The van der Waals surface area contributed by atoms with Crippen LogP contribution in [0.15, 0.2) is 24.3 Å². The first-order valence-corrected chi connectivity index (χ1v) is 7.24. The van der Waals surface area contributed by atoms with Gasteiger partial charge >= 0.3 is 0 Å². The number of nitrogens with two attached hydrogens (primary N) is 1. The SMILES string of the molecule is CCC(CC)(CC)NC(=O)c1cc2cc(N)ccc2[nH]1. The summed E-state index contributed by atoms with van der Waals surface area (Å²) < 4.78 is 0. The van der Waals surface area contributed by atoms with E-state index in [0.29, 0.717) is 11.4 Å². The number of H-pyrrole nitrogens is 1. The third-order valence-corrected chi connectivity index (χ3v) is 4.30. The van der Waals surface area contributed by atoms with Crippen LogP contribution in [0.5, 0.6) is 0 Å². The predicted molar refractivity (Wildman–Crippen MR) is 83.8 cm³/mol. The molecule has 20 heavy (non-hydrogen) atoms. The molecule has 4 heteroatoms. The van der Waals surface area contributed by atoms with Gasteiger partial charge in [-0.1, -0.05) is 20.8 Å². The zero-order valence-electron chi connectivity index (χ0n) is 12.4. The van der Waals surface area contributed by atoms with E-state index in [0.717, 1.165) is 30.2 Å². The highest BCUT2D eigenvalue weighted by Crippen LogP contribution is 2.22. The van der Waals surface area contributed by atoms with E-state index >= 15 is 0 Å². The minimum absolute atomic E-state index is 0.0506. The molecular weight excluding hydrogens is 250 g/mol. The van der Waals surface area contributed by atoms with Crippen molar-refractivity contribution in [3.63, 3.8) is 0 Å². The molecule has 4 N–H and O–H groups in total. The lowest BCUT2D eigenvalue weighted by atomic mass is 9.89. The number of hydrogen-bond donors (Lipinski definition) is 3. The predicted octanol–water partition coefficient (Wildman–Crippen LogP) is 3.45. The van der Waals surface area contributed by atoms with Gasteiger partial charge in [-0.3, -0.25) is 4.79 Å². The molecular formula is C16H23N3O. The van der Waals surface area contributed by atoms with Gasteiger partial charge in [0.15, 0.2) is 0 Å². The average Bonchev–Trinajstić information content (AvgIpc) is 2.88. The molecule has 0 aliphatic carbocycles. The number of rotatable bonds is 5. The Labute approximate surface area is 119 Å². The molecule has 0 fully saturated rings. The minimum atomic E-state index is -0.118. The van der Waals surface area contributed by atoms with Gasteiger partial charge in [0, 0.05) is 22.1 Å². The normalized spacial score (nSPS) is 11.8. The second-order valence-electron chi connectivity index (χ2n) is 5.32. The molecule has 0 unspecified atom stereocenters. The van der Waals surface area contributed by atoms with Gasteiger partial charge in [0.1, 0.15) is 5.69 Å². The maximum absolute atomic E-state index is 12.4. The molecule has 2 rings (SSSR count). The maximum atomic E-state index is 12.4. The number of nitrogen functional groups attached to an aromatic ring is 1. The Bertz CT molecular complexity index is 603. The van der Waals surface area contributed by atoms with Crippen LogP contribution >= 0.6 is 0 Å². The van der Waals surface area contributed by atoms with Crippen molar-refractivity contribution in [1.82, 2.24) is 10.3 Å². The Hall–Kier alpha value is -1.97. The third-order valence-electron chi connectivity index (χ3n) is 4.30. The first kappa shape index (κ1) is 14.4. The first-order valence-electron chi connectivity index (χ1n) is 7.24. The number of amides is 1. The number of carbonyl (C=O) groups is 1. The summed E-state index contributed by atoms with van der Waals surface area (Å²) in [4.78, 5) is 15.6. The van der Waals surface area contributed by atoms with E-state index in [-0.39, 0.29) is 11.4 Å². The summed E-state index contributed by atoms with van der Waals surface area (Å²) in [5, 5.41) is 4.13. The molecule has 0 saturated carbocycles. The number of nitrogens with one attached hydrogen (secondary N) is 2. The highest BCUT2D eigenvalue weighted by atomic mass is 16.2. The number of carbonyl (C=O) groups excluding carboxylic acids is 1. The number of hydrogen-bond acceptors (Lipinski definition) is 2. The van der Waals surface area contributed by atoms with Gasteiger partial charge < -0.3 is 16.0 Å². The molecule has 0 aliphatic heterocycles. The van der Waals surface area contributed by atoms with Gasteiger partial charge in [-0.25, -0.2) is 0 Å². The standard InChI is InChI=1S/C16H23N3O/c1-4-16(5-2,6-3)19-15(20)14-10-11-9-12(17)7-8-13(11)18-14/h7-10,18H,4-6,17H2,1-3H3,(H,19,20). The Balaban J connectivity index is 2.27. The summed E-state index contributed by atoms with van der Waals surface area (Å²) in [5.74, 6) is -0.0506. The lowest BCUT2D eigenvalue weighted by molar-refractivity contribution is 0.0884. The molecule has 1 amide bonds. The van der Waals surface area contributed by atoms with Gasteiger partial charge in [-0.05, 0) is 43.5 Å². The highest BCUT2D eigenvalue weighted by molar-refractivity contribution is 5.98. The zero-order chi connectivity index (χ0) is 14.8. The molecule has 2 aromatic rings. The summed E-state index contributed by atoms with van der Waals surface area (Å²) in [6.45, 7) is 6.33. The molecule has 0 radical (unpaired) electrons. The molecule has 1 aromatic heterocycles. The molecule has 0 saturated heterocycles. The first-order chi connectivity index (χ1) is 9.53. The van der Waals surface area contributed by atoms with Gasteiger partial charge in [0.25, 0.3) is 5.91 Å². The van der Waals surface area contributed by atoms with E-state index in [1.807, 2.05) is 24.3 Å².